The Labute approximate surface area is 160 Å². The molecule has 0 spiro atoms. The molecular weight excluding hydrogens is 336 g/mol. The van der Waals surface area contributed by atoms with Crippen LogP contribution in [0.15, 0.2) is 48.8 Å². The first-order valence-electron chi connectivity index (χ1n) is 9.72. The van der Waals surface area contributed by atoms with Crippen LogP contribution in [0.5, 0.6) is 0 Å². The van der Waals surface area contributed by atoms with Gasteiger partial charge in [0.2, 0.25) is 5.91 Å². The summed E-state index contributed by atoms with van der Waals surface area (Å²) in [5.41, 5.74) is 4.39. The molecule has 0 N–H and O–H groups in total. The van der Waals surface area contributed by atoms with E-state index in [9.17, 15) is 4.79 Å². The van der Waals surface area contributed by atoms with Crippen LogP contribution in [-0.4, -0.2) is 25.2 Å². The number of benzene rings is 1. The molecule has 0 fully saturated rings. The molecule has 0 radical (unpaired) electrons. The molecule has 0 aliphatic carbocycles. The molecule has 3 heterocycles. The molecule has 1 aliphatic rings. The summed E-state index contributed by atoms with van der Waals surface area (Å²) >= 11 is 0. The highest BCUT2D eigenvalue weighted by Gasteiger charge is 2.33. The number of carbonyl (C=O) groups is 1. The van der Waals surface area contributed by atoms with Crippen molar-refractivity contribution in [2.24, 2.45) is 5.92 Å². The first kappa shape index (κ1) is 17.6. The molecule has 0 saturated carbocycles. The fourth-order valence-electron chi connectivity index (χ4n) is 3.93. The summed E-state index contributed by atoms with van der Waals surface area (Å²) in [5.74, 6) is 1.38. The third-order valence-electron chi connectivity index (χ3n) is 5.47. The summed E-state index contributed by atoms with van der Waals surface area (Å²) in [7, 11) is 0. The van der Waals surface area contributed by atoms with Crippen molar-refractivity contribution in [3.05, 3.63) is 65.6 Å². The van der Waals surface area contributed by atoms with Crippen LogP contribution in [0.2, 0.25) is 0 Å². The number of hydrogen-bond acceptors (Lipinski definition) is 2. The number of aromatic nitrogens is 3. The maximum Gasteiger partial charge on any atom is 0.226 e. The standard InChI is InChI=1S/C22H26N4O/c1-4-17(5-2)22(27)25-14-19-20(15-25)23-26(18-10-8-9-16(3)13-18)21(19)24-11-6-7-12-24/h6-13,17H,4-5,14-15H2,1-3H3. The summed E-state index contributed by atoms with van der Waals surface area (Å²) in [5, 5.41) is 4.90. The second-order valence-electron chi connectivity index (χ2n) is 7.30. The molecule has 0 bridgehead atoms. The van der Waals surface area contributed by atoms with Crippen LogP contribution in [0.1, 0.15) is 43.5 Å². The molecule has 5 nitrogen and oxygen atoms in total. The minimum absolute atomic E-state index is 0.105. The zero-order valence-corrected chi connectivity index (χ0v) is 16.2. The molecule has 140 valence electrons. The number of fused-ring (bicyclic) bond motifs is 1. The zero-order chi connectivity index (χ0) is 19.0. The average molecular weight is 362 g/mol. The van der Waals surface area contributed by atoms with Crippen LogP contribution in [-0.2, 0) is 17.9 Å². The Hall–Kier alpha value is -2.82. The van der Waals surface area contributed by atoms with E-state index in [1.807, 2.05) is 34.1 Å². The Morgan fingerprint density at radius 2 is 1.85 bits per heavy atom. The molecule has 27 heavy (non-hydrogen) atoms. The Morgan fingerprint density at radius 3 is 2.52 bits per heavy atom. The molecule has 0 unspecified atom stereocenters. The van der Waals surface area contributed by atoms with E-state index in [2.05, 4.69) is 49.6 Å². The van der Waals surface area contributed by atoms with E-state index in [0.29, 0.717) is 13.1 Å². The fourth-order valence-corrected chi connectivity index (χ4v) is 3.93. The molecule has 1 aromatic carbocycles. The van der Waals surface area contributed by atoms with Crippen LogP contribution in [0.25, 0.3) is 11.5 Å². The predicted octanol–water partition coefficient (Wildman–Crippen LogP) is 4.25. The van der Waals surface area contributed by atoms with Gasteiger partial charge in [-0.05, 0) is 49.6 Å². The normalized spacial score (nSPS) is 13.4. The maximum absolute atomic E-state index is 12.9. The monoisotopic (exact) mass is 362 g/mol. The van der Waals surface area contributed by atoms with Crippen molar-refractivity contribution in [3.8, 4) is 11.5 Å². The third kappa shape index (κ3) is 3.07. The van der Waals surface area contributed by atoms with Crippen molar-refractivity contribution >= 4 is 5.91 Å². The summed E-state index contributed by atoms with van der Waals surface area (Å²) in [6, 6.07) is 12.4. The van der Waals surface area contributed by atoms with Gasteiger partial charge in [0.1, 0.15) is 5.82 Å². The van der Waals surface area contributed by atoms with Gasteiger partial charge in [0.05, 0.1) is 24.5 Å². The summed E-state index contributed by atoms with van der Waals surface area (Å²) in [6.07, 6.45) is 5.85. The number of carbonyl (C=O) groups excluding carboxylic acids is 1. The van der Waals surface area contributed by atoms with Gasteiger partial charge in [0.15, 0.2) is 0 Å². The smallest absolute Gasteiger partial charge is 0.226 e. The van der Waals surface area contributed by atoms with Crippen molar-refractivity contribution < 1.29 is 4.79 Å². The minimum Gasteiger partial charge on any atom is -0.332 e. The van der Waals surface area contributed by atoms with E-state index in [4.69, 9.17) is 5.10 Å². The van der Waals surface area contributed by atoms with Gasteiger partial charge >= 0.3 is 0 Å². The number of hydrogen-bond donors (Lipinski definition) is 0. The van der Waals surface area contributed by atoms with Crippen LogP contribution in [0.3, 0.4) is 0 Å². The van der Waals surface area contributed by atoms with Crippen molar-refractivity contribution in [3.63, 3.8) is 0 Å². The van der Waals surface area contributed by atoms with Crippen LogP contribution >= 0.6 is 0 Å². The van der Waals surface area contributed by atoms with E-state index in [-0.39, 0.29) is 11.8 Å². The highest BCUT2D eigenvalue weighted by molar-refractivity contribution is 5.79. The minimum atomic E-state index is 0.105. The van der Waals surface area contributed by atoms with E-state index in [1.165, 1.54) is 5.56 Å². The van der Waals surface area contributed by atoms with Gasteiger partial charge in [-0.25, -0.2) is 4.68 Å². The first-order chi connectivity index (χ1) is 13.1. The fraction of sp³-hybridized carbons (Fsp3) is 0.364. The average Bonchev–Trinajstić information content (AvgIpc) is 3.38. The van der Waals surface area contributed by atoms with E-state index in [0.717, 1.165) is 35.6 Å². The molecule has 1 amide bonds. The van der Waals surface area contributed by atoms with Gasteiger partial charge in [0.25, 0.3) is 0 Å². The molecule has 1 aliphatic heterocycles. The topological polar surface area (TPSA) is 43.1 Å². The number of aryl methyl sites for hydroxylation is 1. The molecule has 0 atom stereocenters. The van der Waals surface area contributed by atoms with Gasteiger partial charge in [0, 0.05) is 23.9 Å². The van der Waals surface area contributed by atoms with Gasteiger partial charge in [-0.1, -0.05) is 26.0 Å². The summed E-state index contributed by atoms with van der Waals surface area (Å²) < 4.78 is 4.11. The van der Waals surface area contributed by atoms with Crippen LogP contribution < -0.4 is 0 Å². The number of amides is 1. The Bertz CT molecular complexity index is 951. The zero-order valence-electron chi connectivity index (χ0n) is 16.2. The second-order valence-corrected chi connectivity index (χ2v) is 7.30. The Kier molecular flexibility index (Phi) is 4.60. The highest BCUT2D eigenvalue weighted by atomic mass is 16.2. The molecule has 4 rings (SSSR count). The molecule has 2 aromatic heterocycles. The maximum atomic E-state index is 12.9. The van der Waals surface area contributed by atoms with Gasteiger partial charge < -0.3 is 9.47 Å². The predicted molar refractivity (Wildman–Crippen MR) is 106 cm³/mol. The van der Waals surface area contributed by atoms with Gasteiger partial charge in [-0.3, -0.25) is 4.79 Å². The van der Waals surface area contributed by atoms with Crippen molar-refractivity contribution in [2.75, 3.05) is 0 Å². The number of rotatable bonds is 5. The molecule has 5 heteroatoms. The van der Waals surface area contributed by atoms with E-state index >= 15 is 0 Å². The lowest BCUT2D eigenvalue weighted by Crippen LogP contribution is -2.32. The SMILES string of the molecule is CCC(CC)C(=O)N1Cc2nn(-c3cccc(C)c3)c(-n3cccc3)c2C1. The van der Waals surface area contributed by atoms with Gasteiger partial charge in [-0.15, -0.1) is 0 Å². The quantitative estimate of drug-likeness (QED) is 0.681. The summed E-state index contributed by atoms with van der Waals surface area (Å²) in [4.78, 5) is 14.8. The Balaban J connectivity index is 1.75. The van der Waals surface area contributed by atoms with Crippen molar-refractivity contribution in [2.45, 2.75) is 46.7 Å². The summed E-state index contributed by atoms with van der Waals surface area (Å²) in [6.45, 7) is 7.49. The highest BCUT2D eigenvalue weighted by Crippen LogP contribution is 2.32. The van der Waals surface area contributed by atoms with Crippen LogP contribution in [0.4, 0.5) is 0 Å². The van der Waals surface area contributed by atoms with Gasteiger partial charge in [-0.2, -0.15) is 5.10 Å². The van der Waals surface area contributed by atoms with E-state index < -0.39 is 0 Å². The number of nitrogens with zero attached hydrogens (tertiary/aromatic N) is 4. The lowest BCUT2D eigenvalue weighted by atomic mass is 10.0. The molecule has 3 aromatic rings. The third-order valence-corrected chi connectivity index (χ3v) is 5.47. The second kappa shape index (κ2) is 7.06. The first-order valence-corrected chi connectivity index (χ1v) is 9.72. The molecular formula is C22H26N4O. The Morgan fingerprint density at radius 1 is 1.11 bits per heavy atom. The lowest BCUT2D eigenvalue weighted by Gasteiger charge is -2.22. The molecule has 0 saturated heterocycles. The van der Waals surface area contributed by atoms with E-state index in [1.54, 1.807) is 0 Å². The largest absolute Gasteiger partial charge is 0.332 e. The van der Waals surface area contributed by atoms with Crippen LogP contribution in [0, 0.1) is 12.8 Å². The van der Waals surface area contributed by atoms with Crippen molar-refractivity contribution in [1.82, 2.24) is 19.2 Å². The van der Waals surface area contributed by atoms with Crippen molar-refractivity contribution in [1.29, 1.82) is 0 Å². The lowest BCUT2D eigenvalue weighted by molar-refractivity contribution is -0.136.